The highest BCUT2D eigenvalue weighted by molar-refractivity contribution is 5.68. The minimum Gasteiger partial charge on any atom is -0.444 e. The van der Waals surface area contributed by atoms with Crippen LogP contribution >= 0.6 is 0 Å². The van der Waals surface area contributed by atoms with Gasteiger partial charge in [-0.25, -0.2) is 9.78 Å². The van der Waals surface area contributed by atoms with E-state index in [0.717, 1.165) is 25.2 Å². The molecule has 0 radical (unpaired) electrons. The molecule has 22 heavy (non-hydrogen) atoms. The van der Waals surface area contributed by atoms with Gasteiger partial charge in [-0.3, -0.25) is 0 Å². The molecule has 2 atom stereocenters. The number of imidazole rings is 1. The lowest BCUT2D eigenvalue weighted by molar-refractivity contribution is 0.0183. The third-order valence-corrected chi connectivity index (χ3v) is 3.80. The molecule has 1 amide bonds. The van der Waals surface area contributed by atoms with Crippen LogP contribution in [0.25, 0.3) is 0 Å². The third kappa shape index (κ3) is 4.47. The van der Waals surface area contributed by atoms with Gasteiger partial charge in [-0.05, 0) is 40.5 Å². The summed E-state index contributed by atoms with van der Waals surface area (Å²) >= 11 is 0. The molecule has 2 unspecified atom stereocenters. The fourth-order valence-corrected chi connectivity index (χ4v) is 2.83. The van der Waals surface area contributed by atoms with E-state index < -0.39 is 5.60 Å². The number of aromatic nitrogens is 2. The van der Waals surface area contributed by atoms with Crippen molar-refractivity contribution >= 4 is 6.09 Å². The zero-order valence-corrected chi connectivity index (χ0v) is 14.3. The molecule has 124 valence electrons. The Bertz CT molecular complexity index is 506. The van der Waals surface area contributed by atoms with E-state index in [2.05, 4.69) is 17.2 Å². The van der Waals surface area contributed by atoms with Crippen LogP contribution in [0.2, 0.25) is 0 Å². The summed E-state index contributed by atoms with van der Waals surface area (Å²) in [5.41, 5.74) is -0.447. The number of hydrogen-bond donors (Lipinski definition) is 1. The van der Waals surface area contributed by atoms with Gasteiger partial charge in [-0.15, -0.1) is 0 Å². The first kappa shape index (κ1) is 16.8. The van der Waals surface area contributed by atoms with Crippen LogP contribution in [0.15, 0.2) is 12.4 Å². The number of hydrogen-bond acceptors (Lipinski definition) is 4. The highest BCUT2D eigenvalue weighted by atomic mass is 16.6. The first-order valence-electron chi connectivity index (χ1n) is 7.97. The number of nitrogens with zero attached hydrogens (tertiary/aromatic N) is 3. The van der Waals surface area contributed by atoms with Gasteiger partial charge in [0.15, 0.2) is 0 Å². The Morgan fingerprint density at radius 2 is 2.23 bits per heavy atom. The minimum atomic E-state index is -0.447. The lowest BCUT2D eigenvalue weighted by Gasteiger charge is -2.35. The standard InChI is InChI=1S/C16H28N4O2/c1-12(14-17-8-10-19(14)5)18-13-7-6-9-20(11-13)15(21)22-16(2,3)4/h8,10,12-13,18H,6-7,9,11H2,1-5H3. The molecule has 6 nitrogen and oxygen atoms in total. The van der Waals surface area contributed by atoms with Crippen LogP contribution in [0, 0.1) is 0 Å². The van der Waals surface area contributed by atoms with Gasteiger partial charge >= 0.3 is 6.09 Å². The number of carbonyl (C=O) groups excluding carboxylic acids is 1. The first-order valence-corrected chi connectivity index (χ1v) is 7.97. The highest BCUT2D eigenvalue weighted by Crippen LogP contribution is 2.18. The number of rotatable bonds is 3. The summed E-state index contributed by atoms with van der Waals surface area (Å²) in [6, 6.07) is 0.427. The summed E-state index contributed by atoms with van der Waals surface area (Å²) in [5.74, 6) is 1.01. The van der Waals surface area contributed by atoms with Crippen LogP contribution in [-0.2, 0) is 11.8 Å². The number of carbonyl (C=O) groups is 1. The van der Waals surface area contributed by atoms with E-state index in [1.54, 1.807) is 11.1 Å². The molecule has 0 bridgehead atoms. The summed E-state index contributed by atoms with van der Waals surface area (Å²) in [5, 5.41) is 3.58. The fraction of sp³-hybridized carbons (Fsp3) is 0.750. The molecule has 2 rings (SSSR count). The smallest absolute Gasteiger partial charge is 0.410 e. The van der Waals surface area contributed by atoms with Crippen LogP contribution < -0.4 is 5.32 Å². The van der Waals surface area contributed by atoms with Gasteiger partial charge in [0.05, 0.1) is 6.04 Å². The maximum absolute atomic E-state index is 12.2. The average molecular weight is 308 g/mol. The second-order valence-electron chi connectivity index (χ2n) is 7.05. The molecular formula is C16H28N4O2. The lowest BCUT2D eigenvalue weighted by Crippen LogP contribution is -2.50. The monoisotopic (exact) mass is 308 g/mol. The molecule has 1 aromatic rings. The van der Waals surface area contributed by atoms with Gasteiger partial charge in [0.25, 0.3) is 0 Å². The van der Waals surface area contributed by atoms with E-state index in [9.17, 15) is 4.79 Å². The summed E-state index contributed by atoms with van der Waals surface area (Å²) in [7, 11) is 1.99. The normalized spacial score (nSPS) is 20.8. The molecule has 1 saturated heterocycles. The van der Waals surface area contributed by atoms with Crippen molar-refractivity contribution in [1.29, 1.82) is 0 Å². The zero-order valence-electron chi connectivity index (χ0n) is 14.3. The van der Waals surface area contributed by atoms with Crippen LogP contribution in [0.3, 0.4) is 0 Å². The molecule has 1 N–H and O–H groups in total. The third-order valence-electron chi connectivity index (χ3n) is 3.80. The Hall–Kier alpha value is -1.56. The Kier molecular flexibility index (Phi) is 5.11. The number of nitrogens with one attached hydrogen (secondary N) is 1. The van der Waals surface area contributed by atoms with Crippen molar-refractivity contribution in [3.8, 4) is 0 Å². The molecule has 1 aliphatic heterocycles. The van der Waals surface area contributed by atoms with Crippen LogP contribution in [0.4, 0.5) is 4.79 Å². The van der Waals surface area contributed by atoms with Crippen molar-refractivity contribution in [1.82, 2.24) is 19.8 Å². The van der Waals surface area contributed by atoms with Gasteiger partial charge in [0.1, 0.15) is 11.4 Å². The van der Waals surface area contributed by atoms with Gasteiger partial charge < -0.3 is 19.5 Å². The lowest BCUT2D eigenvalue weighted by atomic mass is 10.0. The van der Waals surface area contributed by atoms with Gasteiger partial charge in [-0.2, -0.15) is 0 Å². The van der Waals surface area contributed by atoms with E-state index in [0.29, 0.717) is 6.54 Å². The van der Waals surface area contributed by atoms with E-state index in [4.69, 9.17) is 4.74 Å². The molecule has 1 aromatic heterocycles. The Morgan fingerprint density at radius 3 is 2.82 bits per heavy atom. The molecule has 0 spiro atoms. The Morgan fingerprint density at radius 1 is 1.50 bits per heavy atom. The topological polar surface area (TPSA) is 59.4 Å². The minimum absolute atomic E-state index is 0.156. The van der Waals surface area contributed by atoms with Crippen LogP contribution in [0.1, 0.15) is 52.4 Å². The van der Waals surface area contributed by atoms with Crippen molar-refractivity contribution in [2.24, 2.45) is 7.05 Å². The fourth-order valence-electron chi connectivity index (χ4n) is 2.83. The summed E-state index contributed by atoms with van der Waals surface area (Å²) < 4.78 is 7.48. The van der Waals surface area contributed by atoms with Crippen molar-refractivity contribution in [2.45, 2.75) is 58.2 Å². The molecule has 6 heteroatoms. The number of aryl methyl sites for hydroxylation is 1. The quantitative estimate of drug-likeness (QED) is 0.932. The van der Waals surface area contributed by atoms with E-state index >= 15 is 0 Å². The number of amides is 1. The van der Waals surface area contributed by atoms with Crippen molar-refractivity contribution in [3.05, 3.63) is 18.2 Å². The highest BCUT2D eigenvalue weighted by Gasteiger charge is 2.28. The predicted molar refractivity (Wildman–Crippen MR) is 85.6 cm³/mol. The Labute approximate surface area is 132 Å². The maximum atomic E-state index is 12.2. The summed E-state index contributed by atoms with van der Waals surface area (Å²) in [6.45, 7) is 9.25. The number of piperidine rings is 1. The molecule has 1 aliphatic rings. The van der Waals surface area contributed by atoms with E-state index in [1.165, 1.54) is 0 Å². The molecule has 1 fully saturated rings. The first-order chi connectivity index (χ1) is 10.3. The maximum Gasteiger partial charge on any atom is 0.410 e. The summed E-state index contributed by atoms with van der Waals surface area (Å²) in [6.07, 6.45) is 5.59. The van der Waals surface area contributed by atoms with E-state index in [-0.39, 0.29) is 18.2 Å². The molecule has 0 aliphatic carbocycles. The second-order valence-corrected chi connectivity index (χ2v) is 7.05. The van der Waals surface area contributed by atoms with Gasteiger partial charge in [-0.1, -0.05) is 0 Å². The van der Waals surface area contributed by atoms with Crippen LogP contribution in [0.5, 0.6) is 0 Å². The predicted octanol–water partition coefficient (Wildman–Crippen LogP) is 2.47. The number of ether oxygens (including phenoxy) is 1. The van der Waals surface area contributed by atoms with Crippen LogP contribution in [-0.4, -0.2) is 45.3 Å². The Balaban J connectivity index is 1.91. The SMILES string of the molecule is CC(NC1CCCN(C(=O)OC(C)(C)C)C1)c1nccn1C. The van der Waals surface area contributed by atoms with Crippen molar-refractivity contribution in [3.63, 3.8) is 0 Å². The van der Waals surface area contributed by atoms with Crippen molar-refractivity contribution in [2.75, 3.05) is 13.1 Å². The van der Waals surface area contributed by atoms with Gasteiger partial charge in [0, 0.05) is 38.6 Å². The second kappa shape index (κ2) is 6.69. The molecule has 0 saturated carbocycles. The van der Waals surface area contributed by atoms with Crippen molar-refractivity contribution < 1.29 is 9.53 Å². The zero-order chi connectivity index (χ0) is 16.3. The number of likely N-dealkylation sites (tertiary alicyclic amines) is 1. The average Bonchev–Trinajstić information content (AvgIpc) is 2.83. The molecular weight excluding hydrogens is 280 g/mol. The van der Waals surface area contributed by atoms with E-state index in [1.807, 2.05) is 38.6 Å². The van der Waals surface area contributed by atoms with Gasteiger partial charge in [0.2, 0.25) is 0 Å². The largest absolute Gasteiger partial charge is 0.444 e. The molecule has 0 aromatic carbocycles. The summed E-state index contributed by atoms with van der Waals surface area (Å²) in [4.78, 5) is 18.4. The molecule has 2 heterocycles.